The predicted octanol–water partition coefficient (Wildman–Crippen LogP) is 3.52. The summed E-state index contributed by atoms with van der Waals surface area (Å²) in [4.78, 5) is 20.0. The molecule has 0 amide bonds. The summed E-state index contributed by atoms with van der Waals surface area (Å²) in [5, 5.41) is 4.44. The van der Waals surface area contributed by atoms with E-state index in [-0.39, 0.29) is 30.9 Å². The zero-order valence-corrected chi connectivity index (χ0v) is 20.1. The number of carbonyl (C=O) groups is 1. The lowest BCUT2D eigenvalue weighted by molar-refractivity contribution is -0.150. The number of anilines is 2. The Kier molecular flexibility index (Phi) is 6.50. The maximum absolute atomic E-state index is 11.3. The fourth-order valence-electron chi connectivity index (χ4n) is 4.30. The van der Waals surface area contributed by atoms with Gasteiger partial charge in [-0.15, -0.1) is 0 Å². The highest BCUT2D eigenvalue weighted by Crippen LogP contribution is 2.37. The number of fused-ring (bicyclic) bond motifs is 2. The molecule has 3 heterocycles. The maximum atomic E-state index is 11.3. The summed E-state index contributed by atoms with van der Waals surface area (Å²) in [7, 11) is 3.15. The van der Waals surface area contributed by atoms with Crippen molar-refractivity contribution in [2.75, 3.05) is 32.8 Å². The average molecular weight is 502 g/mol. The molecular weight excluding hydrogens is 478 g/mol. The van der Waals surface area contributed by atoms with E-state index in [9.17, 15) is 4.79 Å². The van der Waals surface area contributed by atoms with Crippen LogP contribution in [0.5, 0.6) is 17.2 Å². The summed E-state index contributed by atoms with van der Waals surface area (Å²) >= 11 is 6.53. The molecule has 0 bridgehead atoms. The van der Waals surface area contributed by atoms with E-state index < -0.39 is 6.10 Å². The van der Waals surface area contributed by atoms with Crippen molar-refractivity contribution in [3.8, 4) is 17.2 Å². The molecule has 1 aromatic heterocycles. The van der Waals surface area contributed by atoms with Gasteiger partial charge in [-0.2, -0.15) is 0 Å². The molecule has 184 valence electrons. The Morgan fingerprint density at radius 2 is 1.71 bits per heavy atom. The summed E-state index contributed by atoms with van der Waals surface area (Å²) in [6.45, 7) is 1.94. The lowest BCUT2D eigenvalue weighted by atomic mass is 10.1. The molecule has 10 nitrogen and oxygen atoms in total. The number of esters is 1. The second-order valence-corrected chi connectivity index (χ2v) is 8.52. The summed E-state index contributed by atoms with van der Waals surface area (Å²) < 4.78 is 33.7. The summed E-state index contributed by atoms with van der Waals surface area (Å²) in [5.41, 5.74) is 1.41. The van der Waals surface area contributed by atoms with Crippen LogP contribution in [0.1, 0.15) is 6.92 Å². The molecule has 0 saturated carbocycles. The van der Waals surface area contributed by atoms with Crippen LogP contribution in [0.2, 0.25) is 5.02 Å². The van der Waals surface area contributed by atoms with Gasteiger partial charge >= 0.3 is 5.97 Å². The van der Waals surface area contributed by atoms with Crippen LogP contribution >= 0.6 is 11.6 Å². The first-order chi connectivity index (χ1) is 17.0. The van der Waals surface area contributed by atoms with E-state index in [0.29, 0.717) is 45.9 Å². The lowest BCUT2D eigenvalue weighted by Crippen LogP contribution is -2.36. The van der Waals surface area contributed by atoms with Crippen LogP contribution in [0.25, 0.3) is 10.9 Å². The molecule has 1 unspecified atom stereocenters. The van der Waals surface area contributed by atoms with E-state index in [2.05, 4.69) is 15.3 Å². The Labute approximate surface area is 206 Å². The van der Waals surface area contributed by atoms with Gasteiger partial charge in [-0.25, -0.2) is 9.97 Å². The fraction of sp³-hybridized carbons (Fsp3) is 0.375. The Bertz CT molecular complexity index is 1260. The standard InChI is InChI=1S/C24H24ClN3O7/c1-12(29)34-20-9-32-23-21(10-33-22(20)23)35-17-5-4-13(6-15(17)25)28-24-14-7-18(30-2)19(31-3)8-16(14)26-11-27-24/h4-8,11,20-23H,9-10H2,1-3H3,(H,26,27,28)/t20-,21?,22+,23+/m0/s1. The first-order valence-corrected chi connectivity index (χ1v) is 11.3. The van der Waals surface area contributed by atoms with Crippen molar-refractivity contribution in [3.63, 3.8) is 0 Å². The number of halogens is 1. The van der Waals surface area contributed by atoms with Crippen molar-refractivity contribution in [3.05, 3.63) is 41.7 Å². The molecule has 0 aliphatic carbocycles. The zero-order chi connectivity index (χ0) is 24.5. The van der Waals surface area contributed by atoms with Crippen LogP contribution in [-0.2, 0) is 19.0 Å². The van der Waals surface area contributed by atoms with Crippen molar-refractivity contribution < 1.29 is 33.2 Å². The highest BCUT2D eigenvalue weighted by Gasteiger charge is 2.50. The third-order valence-electron chi connectivity index (χ3n) is 5.89. The van der Waals surface area contributed by atoms with Crippen molar-refractivity contribution in [1.29, 1.82) is 0 Å². The van der Waals surface area contributed by atoms with Crippen LogP contribution in [0.15, 0.2) is 36.7 Å². The van der Waals surface area contributed by atoms with E-state index in [1.54, 1.807) is 32.4 Å². The molecule has 11 heteroatoms. The van der Waals surface area contributed by atoms with Crippen LogP contribution in [-0.4, -0.2) is 67.8 Å². The Hall–Kier alpha value is -3.34. The van der Waals surface area contributed by atoms with Gasteiger partial charge in [0.15, 0.2) is 23.7 Å². The quantitative estimate of drug-likeness (QED) is 0.483. The van der Waals surface area contributed by atoms with Gasteiger partial charge in [-0.3, -0.25) is 4.79 Å². The Morgan fingerprint density at radius 3 is 2.43 bits per heavy atom. The van der Waals surface area contributed by atoms with Gasteiger partial charge in [-0.1, -0.05) is 11.6 Å². The molecule has 3 aromatic rings. The summed E-state index contributed by atoms with van der Waals surface area (Å²) in [6, 6.07) is 8.95. The predicted molar refractivity (Wildman–Crippen MR) is 127 cm³/mol. The Morgan fingerprint density at radius 1 is 1.00 bits per heavy atom. The molecule has 2 aromatic carbocycles. The molecule has 2 aliphatic heterocycles. The van der Waals surface area contributed by atoms with E-state index >= 15 is 0 Å². The zero-order valence-electron chi connectivity index (χ0n) is 19.3. The third-order valence-corrected chi connectivity index (χ3v) is 6.19. The first-order valence-electron chi connectivity index (χ1n) is 11.0. The average Bonchev–Trinajstić information content (AvgIpc) is 3.43. The number of nitrogens with one attached hydrogen (secondary N) is 1. The molecule has 2 fully saturated rings. The molecule has 2 aliphatic rings. The second kappa shape index (κ2) is 9.73. The van der Waals surface area contributed by atoms with Crippen LogP contribution < -0.4 is 19.5 Å². The second-order valence-electron chi connectivity index (χ2n) is 8.12. The van der Waals surface area contributed by atoms with Gasteiger partial charge < -0.3 is 33.7 Å². The molecule has 0 radical (unpaired) electrons. The number of aromatic nitrogens is 2. The SMILES string of the molecule is COc1cc2ncnc(Nc3ccc(OC4CO[C@@H]5[C@@H](OC(C)=O)CO[C@H]45)c(Cl)c3)c2cc1OC. The van der Waals surface area contributed by atoms with Gasteiger partial charge in [0.25, 0.3) is 0 Å². The molecule has 5 rings (SSSR count). The fourth-order valence-corrected chi connectivity index (χ4v) is 4.53. The van der Waals surface area contributed by atoms with Gasteiger partial charge in [0.05, 0.1) is 38.0 Å². The topological polar surface area (TPSA) is 110 Å². The minimum atomic E-state index is -0.436. The minimum absolute atomic E-state index is 0.273. The van der Waals surface area contributed by atoms with Crippen LogP contribution in [0.4, 0.5) is 11.5 Å². The van der Waals surface area contributed by atoms with Crippen molar-refractivity contribution in [2.45, 2.75) is 31.3 Å². The smallest absolute Gasteiger partial charge is 0.303 e. The lowest BCUT2D eigenvalue weighted by Gasteiger charge is -2.19. The van der Waals surface area contributed by atoms with Gasteiger partial charge in [-0.05, 0) is 24.3 Å². The highest BCUT2D eigenvalue weighted by atomic mass is 35.5. The Balaban J connectivity index is 1.32. The largest absolute Gasteiger partial charge is 0.493 e. The highest BCUT2D eigenvalue weighted by molar-refractivity contribution is 6.32. The molecule has 4 atom stereocenters. The number of ether oxygens (including phenoxy) is 6. The number of hydrogen-bond donors (Lipinski definition) is 1. The van der Waals surface area contributed by atoms with Crippen LogP contribution in [0.3, 0.4) is 0 Å². The van der Waals surface area contributed by atoms with Gasteiger partial charge in [0.1, 0.15) is 30.1 Å². The number of rotatable bonds is 7. The van der Waals surface area contributed by atoms with Crippen molar-refractivity contribution in [1.82, 2.24) is 9.97 Å². The summed E-state index contributed by atoms with van der Waals surface area (Å²) in [5.74, 6) is 1.86. The van der Waals surface area contributed by atoms with Gasteiger partial charge in [0, 0.05) is 24.1 Å². The van der Waals surface area contributed by atoms with E-state index in [1.165, 1.54) is 13.3 Å². The van der Waals surface area contributed by atoms with Crippen LogP contribution in [0, 0.1) is 0 Å². The maximum Gasteiger partial charge on any atom is 0.303 e. The van der Waals surface area contributed by atoms with E-state index in [0.717, 1.165) is 5.39 Å². The molecule has 2 saturated heterocycles. The number of methoxy groups -OCH3 is 2. The number of carbonyl (C=O) groups excluding carboxylic acids is 1. The third kappa shape index (κ3) is 4.64. The van der Waals surface area contributed by atoms with Crippen molar-refractivity contribution in [2.24, 2.45) is 0 Å². The molecule has 35 heavy (non-hydrogen) atoms. The molecular formula is C24H24ClN3O7. The molecule has 1 N–H and O–H groups in total. The summed E-state index contributed by atoms with van der Waals surface area (Å²) in [6.07, 6.45) is -0.0333. The van der Waals surface area contributed by atoms with Crippen molar-refractivity contribution >= 4 is 40.0 Å². The number of nitrogens with zero attached hydrogens (tertiary/aromatic N) is 2. The minimum Gasteiger partial charge on any atom is -0.493 e. The van der Waals surface area contributed by atoms with Gasteiger partial charge in [0.2, 0.25) is 0 Å². The van der Waals surface area contributed by atoms with E-state index in [4.69, 9.17) is 40.0 Å². The molecule has 0 spiro atoms. The number of benzene rings is 2. The first kappa shape index (κ1) is 23.4. The monoisotopic (exact) mass is 501 g/mol. The van der Waals surface area contributed by atoms with E-state index in [1.807, 2.05) is 12.1 Å². The normalized spacial score (nSPS) is 23.1. The number of hydrogen-bond acceptors (Lipinski definition) is 10.